The first-order valence-corrected chi connectivity index (χ1v) is 8.46. The van der Waals surface area contributed by atoms with Crippen molar-refractivity contribution >= 4 is 34.7 Å². The normalized spacial score (nSPS) is 15.4. The summed E-state index contributed by atoms with van der Waals surface area (Å²) >= 11 is 5.89. The Bertz CT molecular complexity index is 734. The van der Waals surface area contributed by atoms with Crippen molar-refractivity contribution in [1.82, 2.24) is 14.9 Å². The third-order valence-electron chi connectivity index (χ3n) is 4.20. The average molecular weight is 366 g/mol. The van der Waals surface area contributed by atoms with Gasteiger partial charge in [-0.15, -0.1) is 0 Å². The molecule has 2 aromatic rings. The SMILES string of the molecule is Nc1nc(Cl)c(N)c(NCCN2CCN(c3ccccc3F)CC2)n1. The lowest BCUT2D eigenvalue weighted by atomic mass is 10.2. The van der Waals surface area contributed by atoms with Gasteiger partial charge in [-0.05, 0) is 12.1 Å². The smallest absolute Gasteiger partial charge is 0.223 e. The summed E-state index contributed by atoms with van der Waals surface area (Å²) in [5.74, 6) is 0.356. The zero-order valence-corrected chi connectivity index (χ0v) is 14.5. The van der Waals surface area contributed by atoms with Crippen molar-refractivity contribution in [3.8, 4) is 0 Å². The number of nitrogens with two attached hydrogens (primary N) is 2. The van der Waals surface area contributed by atoms with Crippen molar-refractivity contribution in [3.05, 3.63) is 35.2 Å². The van der Waals surface area contributed by atoms with E-state index in [1.807, 2.05) is 12.1 Å². The summed E-state index contributed by atoms with van der Waals surface area (Å²) in [6.07, 6.45) is 0. The molecule has 7 nitrogen and oxygen atoms in total. The van der Waals surface area contributed by atoms with Crippen LogP contribution in [0.15, 0.2) is 24.3 Å². The Morgan fingerprint density at radius 1 is 1.12 bits per heavy atom. The Balaban J connectivity index is 1.48. The molecule has 0 aliphatic carbocycles. The van der Waals surface area contributed by atoms with Crippen LogP contribution in [0.5, 0.6) is 0 Å². The zero-order valence-electron chi connectivity index (χ0n) is 13.8. The van der Waals surface area contributed by atoms with Gasteiger partial charge in [0.2, 0.25) is 5.95 Å². The molecule has 0 amide bonds. The minimum atomic E-state index is -0.175. The number of halogens is 2. The lowest BCUT2D eigenvalue weighted by Gasteiger charge is -2.36. The Labute approximate surface area is 150 Å². The van der Waals surface area contributed by atoms with E-state index in [1.165, 1.54) is 6.07 Å². The third kappa shape index (κ3) is 4.21. The molecule has 0 unspecified atom stereocenters. The van der Waals surface area contributed by atoms with Crippen molar-refractivity contribution in [1.29, 1.82) is 0 Å². The fourth-order valence-corrected chi connectivity index (χ4v) is 3.02. The molecule has 9 heteroatoms. The molecule has 1 aliphatic rings. The molecule has 1 saturated heterocycles. The van der Waals surface area contributed by atoms with E-state index in [2.05, 4.69) is 25.1 Å². The number of anilines is 4. The third-order valence-corrected chi connectivity index (χ3v) is 4.49. The van der Waals surface area contributed by atoms with Gasteiger partial charge in [0.1, 0.15) is 11.5 Å². The first-order chi connectivity index (χ1) is 12.0. The van der Waals surface area contributed by atoms with Crippen molar-refractivity contribution < 1.29 is 4.39 Å². The molecular weight excluding hydrogens is 345 g/mol. The Kier molecular flexibility index (Phi) is 5.40. The second-order valence-electron chi connectivity index (χ2n) is 5.84. The zero-order chi connectivity index (χ0) is 17.8. The number of hydrogen-bond acceptors (Lipinski definition) is 7. The van der Waals surface area contributed by atoms with Gasteiger partial charge < -0.3 is 21.7 Å². The molecule has 2 heterocycles. The second-order valence-corrected chi connectivity index (χ2v) is 6.20. The highest BCUT2D eigenvalue weighted by Crippen LogP contribution is 2.24. The molecule has 0 spiro atoms. The molecule has 1 aromatic heterocycles. The maximum Gasteiger partial charge on any atom is 0.223 e. The van der Waals surface area contributed by atoms with E-state index < -0.39 is 0 Å². The number of piperazine rings is 1. The summed E-state index contributed by atoms with van der Waals surface area (Å²) < 4.78 is 13.9. The number of nitrogen functional groups attached to an aromatic ring is 2. The fourth-order valence-electron chi connectivity index (χ4n) is 2.85. The summed E-state index contributed by atoms with van der Waals surface area (Å²) in [7, 11) is 0. The lowest BCUT2D eigenvalue weighted by molar-refractivity contribution is 0.266. The van der Waals surface area contributed by atoms with Crippen LogP contribution in [0.4, 0.5) is 27.5 Å². The molecule has 3 rings (SSSR count). The highest BCUT2D eigenvalue weighted by molar-refractivity contribution is 6.32. The number of benzene rings is 1. The van der Waals surface area contributed by atoms with Gasteiger partial charge in [0.25, 0.3) is 0 Å². The van der Waals surface area contributed by atoms with E-state index >= 15 is 0 Å². The Morgan fingerprint density at radius 2 is 1.84 bits per heavy atom. The van der Waals surface area contributed by atoms with Crippen LogP contribution < -0.4 is 21.7 Å². The largest absolute Gasteiger partial charge is 0.393 e. The van der Waals surface area contributed by atoms with Crippen LogP contribution in [0.1, 0.15) is 0 Å². The quantitative estimate of drug-likeness (QED) is 0.693. The molecule has 0 bridgehead atoms. The van der Waals surface area contributed by atoms with Crippen molar-refractivity contribution in [3.63, 3.8) is 0 Å². The number of rotatable bonds is 5. The maximum absolute atomic E-state index is 13.9. The molecule has 0 radical (unpaired) electrons. The second kappa shape index (κ2) is 7.71. The van der Waals surface area contributed by atoms with Crippen LogP contribution >= 0.6 is 11.6 Å². The Hall–Kier alpha value is -2.32. The number of nitrogens with zero attached hydrogens (tertiary/aromatic N) is 4. The van der Waals surface area contributed by atoms with E-state index in [4.69, 9.17) is 23.1 Å². The van der Waals surface area contributed by atoms with Crippen molar-refractivity contribution in [2.45, 2.75) is 0 Å². The topological polar surface area (TPSA) is 96.3 Å². The summed E-state index contributed by atoms with van der Waals surface area (Å²) in [6.45, 7) is 4.75. The van der Waals surface area contributed by atoms with E-state index in [-0.39, 0.29) is 16.9 Å². The minimum absolute atomic E-state index is 0.0835. The molecule has 25 heavy (non-hydrogen) atoms. The van der Waals surface area contributed by atoms with Crippen LogP contribution in [-0.4, -0.2) is 54.1 Å². The van der Waals surface area contributed by atoms with E-state index in [9.17, 15) is 4.39 Å². The molecule has 134 valence electrons. The van der Waals surface area contributed by atoms with Crippen LogP contribution in [0, 0.1) is 5.82 Å². The van der Waals surface area contributed by atoms with Gasteiger partial charge in [0.05, 0.1) is 5.69 Å². The number of nitrogens with one attached hydrogen (secondary N) is 1. The highest BCUT2D eigenvalue weighted by Gasteiger charge is 2.19. The van der Waals surface area contributed by atoms with Crippen LogP contribution in [-0.2, 0) is 0 Å². The van der Waals surface area contributed by atoms with Gasteiger partial charge in [-0.3, -0.25) is 4.90 Å². The Morgan fingerprint density at radius 3 is 2.56 bits per heavy atom. The van der Waals surface area contributed by atoms with Gasteiger partial charge in [-0.1, -0.05) is 23.7 Å². The molecule has 0 saturated carbocycles. The maximum atomic E-state index is 13.9. The van der Waals surface area contributed by atoms with Crippen LogP contribution in [0.2, 0.25) is 5.15 Å². The number of hydrogen-bond donors (Lipinski definition) is 3. The minimum Gasteiger partial charge on any atom is -0.393 e. The van der Waals surface area contributed by atoms with Crippen LogP contribution in [0.3, 0.4) is 0 Å². The van der Waals surface area contributed by atoms with Gasteiger partial charge in [0.15, 0.2) is 11.0 Å². The van der Waals surface area contributed by atoms with Gasteiger partial charge >= 0.3 is 0 Å². The van der Waals surface area contributed by atoms with Crippen molar-refractivity contribution in [2.24, 2.45) is 0 Å². The summed E-state index contributed by atoms with van der Waals surface area (Å²) in [5, 5.41) is 3.28. The fraction of sp³-hybridized carbons (Fsp3) is 0.375. The molecule has 1 aromatic carbocycles. The molecular formula is C16H21ClFN7. The standard InChI is InChI=1S/C16H21ClFN7/c17-14-13(19)15(23-16(20)22-14)21-5-6-24-7-9-25(10-8-24)12-4-2-1-3-11(12)18/h1-4H,5-10,19H2,(H3,20,21,22,23). The predicted molar refractivity (Wildman–Crippen MR) is 99.4 cm³/mol. The first-order valence-electron chi connectivity index (χ1n) is 8.09. The predicted octanol–water partition coefficient (Wildman–Crippen LogP) is 1.67. The molecule has 5 N–H and O–H groups in total. The van der Waals surface area contributed by atoms with Gasteiger partial charge in [-0.2, -0.15) is 9.97 Å². The summed E-state index contributed by atoms with van der Waals surface area (Å²) in [6, 6.07) is 6.88. The highest BCUT2D eigenvalue weighted by atomic mass is 35.5. The summed E-state index contributed by atoms with van der Waals surface area (Å²) in [5.41, 5.74) is 12.4. The van der Waals surface area contributed by atoms with Gasteiger partial charge in [-0.25, -0.2) is 4.39 Å². The summed E-state index contributed by atoms with van der Waals surface area (Å²) in [4.78, 5) is 12.2. The van der Waals surface area contributed by atoms with E-state index in [1.54, 1.807) is 6.07 Å². The van der Waals surface area contributed by atoms with Gasteiger partial charge in [0, 0.05) is 39.3 Å². The van der Waals surface area contributed by atoms with Crippen LogP contribution in [0.25, 0.3) is 0 Å². The monoisotopic (exact) mass is 365 g/mol. The molecule has 0 atom stereocenters. The lowest BCUT2D eigenvalue weighted by Crippen LogP contribution is -2.47. The molecule has 1 aliphatic heterocycles. The van der Waals surface area contributed by atoms with E-state index in [0.717, 1.165) is 32.7 Å². The average Bonchev–Trinajstić information content (AvgIpc) is 2.60. The van der Waals surface area contributed by atoms with Crippen molar-refractivity contribution in [2.75, 3.05) is 61.0 Å². The molecule has 1 fully saturated rings. The van der Waals surface area contributed by atoms with E-state index in [0.29, 0.717) is 23.7 Å². The number of aromatic nitrogens is 2. The number of para-hydroxylation sites is 1. The first kappa shape index (κ1) is 17.5.